The van der Waals surface area contributed by atoms with Gasteiger partial charge in [0.05, 0.1) is 5.56 Å². The highest BCUT2D eigenvalue weighted by atomic mass is 14.9. The van der Waals surface area contributed by atoms with E-state index in [0.717, 1.165) is 0 Å². The van der Waals surface area contributed by atoms with E-state index in [1.165, 1.54) is 49.8 Å². The van der Waals surface area contributed by atoms with Crippen molar-refractivity contribution in [2.24, 2.45) is 7.05 Å². The molecule has 0 radical (unpaired) electrons. The van der Waals surface area contributed by atoms with Gasteiger partial charge in [0, 0.05) is 16.3 Å². The number of hydrogen-bond acceptors (Lipinski definition) is 0. The van der Waals surface area contributed by atoms with E-state index in [1.807, 2.05) is 0 Å². The van der Waals surface area contributed by atoms with Crippen LogP contribution in [0.25, 0.3) is 44.3 Å². The Kier molecular flexibility index (Phi) is 2.69. The molecule has 0 saturated carbocycles. The third-order valence-corrected chi connectivity index (χ3v) is 5.16. The Balaban J connectivity index is 2.02. The summed E-state index contributed by atoms with van der Waals surface area (Å²) in [7, 11) is 2.16. The predicted octanol–water partition coefficient (Wildman–Crippen LogP) is 5.29. The molecule has 3 aromatic carbocycles. The van der Waals surface area contributed by atoms with Gasteiger partial charge in [-0.3, -0.25) is 0 Å². The maximum atomic E-state index is 2.28. The quantitative estimate of drug-likeness (QED) is 0.371. The number of fused-ring (bicyclic) bond motifs is 3. The third-order valence-electron chi connectivity index (χ3n) is 5.16. The molecule has 1 heteroatoms. The van der Waals surface area contributed by atoms with Gasteiger partial charge in [-0.2, -0.15) is 4.57 Å². The number of rotatable bonds is 1. The van der Waals surface area contributed by atoms with Crippen LogP contribution in [0.4, 0.5) is 0 Å². The van der Waals surface area contributed by atoms with E-state index < -0.39 is 0 Å². The Morgan fingerprint density at radius 2 is 1.33 bits per heavy atom. The Morgan fingerprint density at radius 1 is 0.667 bits per heavy atom. The van der Waals surface area contributed by atoms with Crippen LogP contribution in [-0.2, 0) is 7.05 Å². The summed E-state index contributed by atoms with van der Waals surface area (Å²) in [4.78, 5) is 0. The van der Waals surface area contributed by atoms with Gasteiger partial charge in [-0.05, 0) is 41.3 Å². The highest BCUT2D eigenvalue weighted by molar-refractivity contribution is 6.17. The fourth-order valence-corrected chi connectivity index (χ4v) is 4.11. The maximum absolute atomic E-state index is 2.28. The Bertz CT molecular complexity index is 1120. The van der Waals surface area contributed by atoms with Gasteiger partial charge < -0.3 is 0 Å². The molecule has 1 nitrogen and oxygen atoms in total. The normalized spacial score (nSPS) is 11.8. The lowest BCUT2D eigenvalue weighted by atomic mass is 9.95. The van der Waals surface area contributed by atoms with Gasteiger partial charge in [-0.25, -0.2) is 0 Å². The molecule has 1 aromatic heterocycles. The number of nitrogens with zero attached hydrogens (tertiary/aromatic N) is 1. The topological polar surface area (TPSA) is 3.88 Å². The molecule has 5 rings (SSSR count). The number of aromatic nitrogens is 1. The molecular weight excluding hydrogens is 290 g/mol. The summed E-state index contributed by atoms with van der Waals surface area (Å²) >= 11 is 0. The smallest absolute Gasteiger partial charge is 0.200 e. The van der Waals surface area contributed by atoms with Crippen molar-refractivity contribution in [3.8, 4) is 33.5 Å². The summed E-state index contributed by atoms with van der Waals surface area (Å²) in [6, 6.07) is 24.1. The molecule has 0 atom stereocenters. The first-order chi connectivity index (χ1) is 11.8. The molecule has 0 N–H and O–H groups in total. The lowest BCUT2D eigenvalue weighted by Gasteiger charge is -2.10. The van der Waals surface area contributed by atoms with Gasteiger partial charge in [0.25, 0.3) is 0 Å². The van der Waals surface area contributed by atoms with Crippen molar-refractivity contribution in [3.63, 3.8) is 0 Å². The summed E-state index contributed by atoms with van der Waals surface area (Å²) in [5, 5.41) is 2.69. The lowest BCUT2D eigenvalue weighted by Crippen LogP contribution is -2.31. The van der Waals surface area contributed by atoms with Crippen LogP contribution in [0, 0.1) is 6.92 Å². The second-order valence-corrected chi connectivity index (χ2v) is 6.59. The van der Waals surface area contributed by atoms with E-state index >= 15 is 0 Å². The first-order valence-electron chi connectivity index (χ1n) is 8.37. The minimum atomic E-state index is 1.30. The Hall–Kier alpha value is -2.93. The average Bonchev–Trinajstić information content (AvgIpc) is 2.93. The highest BCUT2D eigenvalue weighted by Gasteiger charge is 2.30. The van der Waals surface area contributed by atoms with Crippen LogP contribution in [0.5, 0.6) is 0 Å². The van der Waals surface area contributed by atoms with E-state index in [2.05, 4.69) is 91.5 Å². The van der Waals surface area contributed by atoms with Gasteiger partial charge in [0.1, 0.15) is 7.05 Å². The summed E-state index contributed by atoms with van der Waals surface area (Å²) in [6.45, 7) is 2.19. The molecule has 24 heavy (non-hydrogen) atoms. The van der Waals surface area contributed by atoms with Gasteiger partial charge in [-0.15, -0.1) is 0 Å². The standard InChI is InChI=1S/C23H18N/c1-15-8-3-4-10-17(15)23-22-20-12-6-5-11-18(20)19-13-7-9-16(21(19)22)14-24(23)2/h3-14H,1-2H3/q+1. The van der Waals surface area contributed by atoms with Crippen LogP contribution < -0.4 is 4.57 Å². The van der Waals surface area contributed by atoms with Crippen molar-refractivity contribution in [2.45, 2.75) is 6.92 Å². The monoisotopic (exact) mass is 308 g/mol. The lowest BCUT2D eigenvalue weighted by molar-refractivity contribution is -0.658. The fraction of sp³-hybridized carbons (Fsp3) is 0.0870. The largest absolute Gasteiger partial charge is 0.221 e. The molecular formula is C23H18N+. The molecule has 1 aliphatic rings. The zero-order valence-electron chi connectivity index (χ0n) is 13.9. The second kappa shape index (κ2) is 4.78. The minimum Gasteiger partial charge on any atom is -0.200 e. The van der Waals surface area contributed by atoms with Crippen molar-refractivity contribution >= 4 is 10.8 Å². The van der Waals surface area contributed by atoms with Crippen LogP contribution in [0.15, 0.2) is 72.9 Å². The van der Waals surface area contributed by atoms with Crippen molar-refractivity contribution in [2.75, 3.05) is 0 Å². The summed E-state index contributed by atoms with van der Waals surface area (Å²) < 4.78 is 2.28. The van der Waals surface area contributed by atoms with Gasteiger partial charge in [-0.1, -0.05) is 54.6 Å². The molecule has 1 heterocycles. The van der Waals surface area contributed by atoms with E-state index in [0.29, 0.717) is 0 Å². The molecule has 114 valence electrons. The summed E-state index contributed by atoms with van der Waals surface area (Å²) in [6.07, 6.45) is 2.26. The van der Waals surface area contributed by atoms with E-state index in [9.17, 15) is 0 Å². The predicted molar refractivity (Wildman–Crippen MR) is 99.7 cm³/mol. The van der Waals surface area contributed by atoms with Crippen LogP contribution in [0.3, 0.4) is 0 Å². The third kappa shape index (κ3) is 1.67. The Morgan fingerprint density at radius 3 is 2.12 bits per heavy atom. The second-order valence-electron chi connectivity index (χ2n) is 6.59. The number of benzene rings is 3. The van der Waals surface area contributed by atoms with E-state index in [-0.39, 0.29) is 0 Å². The molecule has 0 unspecified atom stereocenters. The van der Waals surface area contributed by atoms with Crippen LogP contribution in [0.2, 0.25) is 0 Å². The molecule has 0 aliphatic heterocycles. The number of aryl methyl sites for hydroxylation is 2. The fourth-order valence-electron chi connectivity index (χ4n) is 4.11. The SMILES string of the molecule is Cc1ccccc1-c1c2c3c(cccc3c[n+]1C)-c1ccccc1-2. The molecule has 0 saturated heterocycles. The van der Waals surface area contributed by atoms with Crippen molar-refractivity contribution < 1.29 is 4.57 Å². The van der Waals surface area contributed by atoms with Crippen LogP contribution in [0.1, 0.15) is 5.56 Å². The van der Waals surface area contributed by atoms with Gasteiger partial charge in [0.2, 0.25) is 5.69 Å². The average molecular weight is 308 g/mol. The first-order valence-corrected chi connectivity index (χ1v) is 8.37. The highest BCUT2D eigenvalue weighted by Crippen LogP contribution is 2.49. The van der Waals surface area contributed by atoms with E-state index in [4.69, 9.17) is 0 Å². The van der Waals surface area contributed by atoms with E-state index in [1.54, 1.807) is 0 Å². The van der Waals surface area contributed by atoms with Gasteiger partial charge in [0.15, 0.2) is 6.20 Å². The first kappa shape index (κ1) is 13.5. The molecule has 0 bridgehead atoms. The molecule has 1 aliphatic carbocycles. The van der Waals surface area contributed by atoms with Crippen LogP contribution in [-0.4, -0.2) is 0 Å². The molecule has 0 fully saturated rings. The number of pyridine rings is 1. The van der Waals surface area contributed by atoms with Crippen LogP contribution >= 0.6 is 0 Å². The molecule has 0 amide bonds. The summed E-state index contributed by atoms with van der Waals surface area (Å²) in [5.74, 6) is 0. The van der Waals surface area contributed by atoms with Crippen molar-refractivity contribution in [1.82, 2.24) is 0 Å². The summed E-state index contributed by atoms with van der Waals surface area (Å²) in [5.41, 5.74) is 9.34. The van der Waals surface area contributed by atoms with Crippen molar-refractivity contribution in [1.29, 1.82) is 0 Å². The molecule has 4 aromatic rings. The molecule has 0 spiro atoms. The van der Waals surface area contributed by atoms with Crippen molar-refractivity contribution in [3.05, 3.63) is 78.5 Å². The minimum absolute atomic E-state index is 1.30. The number of hydrogen-bond donors (Lipinski definition) is 0. The zero-order chi connectivity index (χ0) is 16.3. The Labute approximate surface area is 141 Å². The maximum Gasteiger partial charge on any atom is 0.221 e. The van der Waals surface area contributed by atoms with Gasteiger partial charge >= 0.3 is 0 Å². The zero-order valence-corrected chi connectivity index (χ0v) is 13.9.